The molecule has 0 bridgehead atoms. The molecule has 1 aromatic heterocycles. The zero-order chi connectivity index (χ0) is 16.4. The number of nitrogens with zero attached hydrogens (tertiary/aromatic N) is 2. The lowest BCUT2D eigenvalue weighted by Gasteiger charge is -2.19. The van der Waals surface area contributed by atoms with E-state index >= 15 is 0 Å². The van der Waals surface area contributed by atoms with Gasteiger partial charge in [-0.2, -0.15) is 0 Å². The monoisotopic (exact) mass is 350 g/mol. The molecule has 2 aliphatic rings. The molecule has 0 atom stereocenters. The summed E-state index contributed by atoms with van der Waals surface area (Å²) in [7, 11) is 0. The highest BCUT2D eigenvalue weighted by molar-refractivity contribution is 7.09. The van der Waals surface area contributed by atoms with Crippen LogP contribution in [-0.4, -0.2) is 29.8 Å². The van der Waals surface area contributed by atoms with Gasteiger partial charge >= 0.3 is 0 Å². The van der Waals surface area contributed by atoms with E-state index < -0.39 is 5.41 Å². The van der Waals surface area contributed by atoms with Gasteiger partial charge in [-0.15, -0.1) is 11.3 Å². The van der Waals surface area contributed by atoms with Gasteiger partial charge in [0.25, 0.3) is 5.91 Å². The lowest BCUT2D eigenvalue weighted by Crippen LogP contribution is -2.32. The quantitative estimate of drug-likeness (QED) is 0.825. The Hall–Kier alpha value is -1.43. The number of carbonyl (C=O) groups is 1. The van der Waals surface area contributed by atoms with Gasteiger partial charge in [0.05, 0.1) is 25.1 Å². The van der Waals surface area contributed by atoms with E-state index in [0.29, 0.717) is 26.1 Å². The van der Waals surface area contributed by atoms with Gasteiger partial charge in [-0.05, 0) is 36.9 Å². The number of rotatable bonds is 4. The van der Waals surface area contributed by atoms with Crippen LogP contribution in [0.4, 0.5) is 0 Å². The molecule has 1 fully saturated rings. The second-order valence-corrected chi connectivity index (χ2v) is 7.81. The van der Waals surface area contributed by atoms with Gasteiger partial charge in [-0.3, -0.25) is 14.6 Å². The van der Waals surface area contributed by atoms with E-state index in [1.807, 2.05) is 37.4 Å². The molecule has 0 N–H and O–H groups in total. The second kappa shape index (κ2) is 6.59. The second-order valence-electron chi connectivity index (χ2n) is 6.33. The van der Waals surface area contributed by atoms with Crippen molar-refractivity contribution in [3.63, 3.8) is 0 Å². The largest absolute Gasteiger partial charge is 0.284 e. The smallest absolute Gasteiger partial charge is 0.254 e. The lowest BCUT2D eigenvalue weighted by molar-refractivity contribution is -0.159. The first-order chi connectivity index (χ1) is 11.0. The van der Waals surface area contributed by atoms with Gasteiger partial charge in [-0.25, -0.2) is 5.06 Å². The van der Waals surface area contributed by atoms with Gasteiger partial charge in [0.2, 0.25) is 0 Å². The van der Waals surface area contributed by atoms with E-state index in [4.69, 9.17) is 16.4 Å². The predicted octanol–water partition coefficient (Wildman–Crippen LogP) is 3.94. The van der Waals surface area contributed by atoms with E-state index in [2.05, 4.69) is 11.1 Å². The van der Waals surface area contributed by atoms with Crippen molar-refractivity contribution >= 4 is 34.6 Å². The highest BCUT2D eigenvalue weighted by Crippen LogP contribution is 2.29. The first-order valence-electron chi connectivity index (χ1n) is 7.52. The Balaban J connectivity index is 1.63. The number of aliphatic imine (C=N–C) groups is 1. The highest BCUT2D eigenvalue weighted by atomic mass is 35.5. The van der Waals surface area contributed by atoms with Crippen molar-refractivity contribution in [1.29, 1.82) is 0 Å². The third-order valence-corrected chi connectivity index (χ3v) is 5.12. The Labute approximate surface area is 145 Å². The van der Waals surface area contributed by atoms with Crippen molar-refractivity contribution in [3.8, 4) is 0 Å². The number of hydroxylamine groups is 2. The average molecular weight is 351 g/mol. The van der Waals surface area contributed by atoms with Crippen molar-refractivity contribution < 1.29 is 9.63 Å². The molecule has 1 amide bonds. The maximum atomic E-state index is 12.2. The van der Waals surface area contributed by atoms with Crippen molar-refractivity contribution in [2.75, 3.05) is 13.2 Å². The molecular formula is C17H19ClN2O2S. The van der Waals surface area contributed by atoms with Crippen LogP contribution < -0.4 is 0 Å². The van der Waals surface area contributed by atoms with Crippen LogP contribution in [-0.2, 0) is 16.2 Å². The maximum Gasteiger partial charge on any atom is 0.254 e. The Bertz CT molecular complexity index is 689. The number of thiophene rings is 1. The molecule has 1 aliphatic heterocycles. The van der Waals surface area contributed by atoms with Crippen LogP contribution in [0.25, 0.3) is 0 Å². The molecule has 122 valence electrons. The summed E-state index contributed by atoms with van der Waals surface area (Å²) < 4.78 is 0. The summed E-state index contributed by atoms with van der Waals surface area (Å²) in [6, 6.07) is 4.10. The fourth-order valence-corrected chi connectivity index (χ4v) is 3.30. The number of hydrogen-bond acceptors (Lipinski definition) is 4. The summed E-state index contributed by atoms with van der Waals surface area (Å²) in [6.45, 7) is 5.25. The summed E-state index contributed by atoms with van der Waals surface area (Å²) in [6.07, 6.45) is 4.51. The van der Waals surface area contributed by atoms with E-state index in [-0.39, 0.29) is 5.91 Å². The Morgan fingerprint density at radius 1 is 1.43 bits per heavy atom. The molecule has 0 aromatic carbocycles. The zero-order valence-corrected chi connectivity index (χ0v) is 14.8. The number of carbonyl (C=O) groups excluding carboxylic acids is 1. The average Bonchev–Trinajstić information content (AvgIpc) is 3.11. The van der Waals surface area contributed by atoms with Crippen molar-refractivity contribution in [3.05, 3.63) is 45.1 Å². The van der Waals surface area contributed by atoms with E-state index in [1.54, 1.807) is 11.3 Å². The van der Waals surface area contributed by atoms with Crippen LogP contribution in [0.2, 0.25) is 0 Å². The Morgan fingerprint density at radius 2 is 2.26 bits per heavy atom. The minimum absolute atomic E-state index is 0.0000241. The molecule has 1 aliphatic carbocycles. The Kier molecular flexibility index (Phi) is 4.71. The van der Waals surface area contributed by atoms with Gasteiger partial charge in [0, 0.05) is 22.0 Å². The summed E-state index contributed by atoms with van der Waals surface area (Å²) >= 11 is 8.09. The molecule has 6 heteroatoms. The third kappa shape index (κ3) is 3.74. The van der Waals surface area contributed by atoms with Gasteiger partial charge in [-0.1, -0.05) is 23.7 Å². The number of hydrogen-bond donors (Lipinski definition) is 0. The lowest BCUT2D eigenvalue weighted by atomic mass is 9.94. The summed E-state index contributed by atoms with van der Waals surface area (Å²) in [5.74, 6) is 0.0000241. The number of amides is 1. The molecule has 2 heterocycles. The molecule has 0 unspecified atom stereocenters. The Morgan fingerprint density at radius 3 is 2.87 bits per heavy atom. The molecule has 23 heavy (non-hydrogen) atoms. The van der Waals surface area contributed by atoms with Gasteiger partial charge in [0.1, 0.15) is 0 Å². The number of halogens is 1. The first-order valence-corrected chi connectivity index (χ1v) is 8.78. The fourth-order valence-electron chi connectivity index (χ4n) is 2.42. The van der Waals surface area contributed by atoms with E-state index in [0.717, 1.165) is 16.3 Å². The van der Waals surface area contributed by atoms with Crippen LogP contribution in [0.15, 0.2) is 45.3 Å². The molecule has 1 saturated heterocycles. The summed E-state index contributed by atoms with van der Waals surface area (Å²) in [5.41, 5.74) is 1.41. The molecule has 0 radical (unpaired) electrons. The summed E-state index contributed by atoms with van der Waals surface area (Å²) in [4.78, 5) is 23.5. The molecule has 0 saturated carbocycles. The van der Waals surface area contributed by atoms with Gasteiger partial charge < -0.3 is 0 Å². The molecular weight excluding hydrogens is 332 g/mol. The van der Waals surface area contributed by atoms with Crippen molar-refractivity contribution in [2.45, 2.75) is 26.8 Å². The van der Waals surface area contributed by atoms with Crippen LogP contribution in [0, 0.1) is 5.41 Å². The standard InChI is InChI=1S/C17H19ClN2O2S/c1-17(2)11-22-20(16(17)21)10-12-5-6-13(8-15(12)18)19-9-14-4-3-7-23-14/h3-7H,8-11H2,1-2H3. The van der Waals surface area contributed by atoms with Crippen molar-refractivity contribution in [1.82, 2.24) is 5.06 Å². The van der Waals surface area contributed by atoms with E-state index in [1.165, 1.54) is 9.94 Å². The topological polar surface area (TPSA) is 41.9 Å². The fraction of sp³-hybridized carbons (Fsp3) is 0.412. The SMILES string of the molecule is CC1(C)CON(CC2=C(Cl)CC(=NCc3cccs3)C=C2)C1=O. The molecule has 0 spiro atoms. The predicted molar refractivity (Wildman–Crippen MR) is 93.5 cm³/mol. The first kappa shape index (κ1) is 16.4. The van der Waals surface area contributed by atoms with Crippen molar-refractivity contribution in [2.24, 2.45) is 10.4 Å². The van der Waals surface area contributed by atoms with Crippen LogP contribution in [0.3, 0.4) is 0 Å². The molecule has 1 aromatic rings. The van der Waals surface area contributed by atoms with Crippen LogP contribution in [0.1, 0.15) is 25.1 Å². The minimum Gasteiger partial charge on any atom is -0.284 e. The highest BCUT2D eigenvalue weighted by Gasteiger charge is 2.40. The summed E-state index contributed by atoms with van der Waals surface area (Å²) in [5, 5.41) is 4.18. The minimum atomic E-state index is -0.460. The van der Waals surface area contributed by atoms with Crippen LogP contribution >= 0.6 is 22.9 Å². The number of allylic oxidation sites excluding steroid dienone is 2. The van der Waals surface area contributed by atoms with Gasteiger partial charge in [0.15, 0.2) is 0 Å². The molecule has 3 rings (SSSR count). The molecule has 4 nitrogen and oxygen atoms in total. The van der Waals surface area contributed by atoms with E-state index in [9.17, 15) is 4.79 Å². The zero-order valence-electron chi connectivity index (χ0n) is 13.2. The van der Waals surface area contributed by atoms with Crippen LogP contribution in [0.5, 0.6) is 0 Å². The normalized spacial score (nSPS) is 22.5. The third-order valence-electron chi connectivity index (χ3n) is 3.88. The maximum absolute atomic E-state index is 12.2.